The van der Waals surface area contributed by atoms with Crippen molar-refractivity contribution in [3.63, 3.8) is 0 Å². The van der Waals surface area contributed by atoms with Crippen molar-refractivity contribution < 1.29 is 14.3 Å². The molecule has 2 atom stereocenters. The van der Waals surface area contributed by atoms with Crippen LogP contribution in [0, 0.1) is 0 Å². The van der Waals surface area contributed by atoms with E-state index in [0.717, 1.165) is 12.1 Å². The quantitative estimate of drug-likeness (QED) is 0.620. The number of esters is 1. The van der Waals surface area contributed by atoms with Gasteiger partial charge in [0.2, 0.25) is 5.91 Å². The first-order valence-corrected chi connectivity index (χ1v) is 6.58. The Kier molecular flexibility index (Phi) is 3.88. The average molecular weight is 261 g/mol. The van der Waals surface area contributed by atoms with Crippen molar-refractivity contribution in [1.29, 1.82) is 0 Å². The summed E-state index contributed by atoms with van der Waals surface area (Å²) in [6, 6.07) is 8.01. The summed E-state index contributed by atoms with van der Waals surface area (Å²) in [5.74, 6) is -0.379. The zero-order valence-corrected chi connectivity index (χ0v) is 11.6. The van der Waals surface area contributed by atoms with Crippen LogP contribution in [0.25, 0.3) is 0 Å². The highest BCUT2D eigenvalue weighted by Crippen LogP contribution is 2.42. The number of nitrogens with zero attached hydrogens (tertiary/aromatic N) is 1. The molecule has 1 aromatic carbocycles. The fraction of sp³-hybridized carbons (Fsp3) is 0.467. The van der Waals surface area contributed by atoms with Crippen LogP contribution in [-0.4, -0.2) is 25.0 Å². The lowest BCUT2D eigenvalue weighted by atomic mass is 9.95. The average Bonchev–Trinajstić information content (AvgIpc) is 2.71. The maximum absolute atomic E-state index is 12.3. The third-order valence-electron chi connectivity index (χ3n) is 3.81. The molecule has 0 aliphatic carbocycles. The van der Waals surface area contributed by atoms with Gasteiger partial charge in [-0.15, -0.1) is 0 Å². The first kappa shape index (κ1) is 13.6. The minimum atomic E-state index is -0.489. The number of rotatable bonds is 3. The third-order valence-corrected chi connectivity index (χ3v) is 3.81. The van der Waals surface area contributed by atoms with E-state index >= 15 is 0 Å². The lowest BCUT2D eigenvalue weighted by Gasteiger charge is -2.26. The fourth-order valence-corrected chi connectivity index (χ4v) is 2.84. The lowest BCUT2D eigenvalue weighted by Crippen LogP contribution is -2.39. The largest absolute Gasteiger partial charge is 0.469 e. The van der Waals surface area contributed by atoms with E-state index in [4.69, 9.17) is 0 Å². The van der Waals surface area contributed by atoms with Crippen molar-refractivity contribution in [3.8, 4) is 0 Å². The van der Waals surface area contributed by atoms with Gasteiger partial charge in [-0.2, -0.15) is 0 Å². The summed E-state index contributed by atoms with van der Waals surface area (Å²) >= 11 is 0. The second-order valence-electron chi connectivity index (χ2n) is 4.84. The molecular weight excluding hydrogens is 242 g/mol. The van der Waals surface area contributed by atoms with Gasteiger partial charge in [-0.1, -0.05) is 32.0 Å². The Hall–Kier alpha value is -1.84. The van der Waals surface area contributed by atoms with Crippen LogP contribution in [0.1, 0.15) is 38.2 Å². The maximum atomic E-state index is 12.3. The molecule has 4 nitrogen and oxygen atoms in total. The van der Waals surface area contributed by atoms with Crippen molar-refractivity contribution in [3.05, 3.63) is 29.8 Å². The number of benzene rings is 1. The first-order chi connectivity index (χ1) is 9.10. The molecule has 102 valence electrons. The normalized spacial score (nSPS) is 21.1. The van der Waals surface area contributed by atoms with Gasteiger partial charge in [-0.05, 0) is 18.1 Å². The minimum Gasteiger partial charge on any atom is -0.469 e. The predicted molar refractivity (Wildman–Crippen MR) is 73.1 cm³/mol. The van der Waals surface area contributed by atoms with E-state index in [1.165, 1.54) is 12.7 Å². The molecule has 4 heteroatoms. The molecule has 0 radical (unpaired) electrons. The van der Waals surface area contributed by atoms with Crippen LogP contribution in [0.15, 0.2) is 24.3 Å². The summed E-state index contributed by atoms with van der Waals surface area (Å²) in [4.78, 5) is 25.4. The maximum Gasteiger partial charge on any atom is 0.315 e. The molecule has 1 amide bonds. The van der Waals surface area contributed by atoms with Gasteiger partial charge in [0.1, 0.15) is 6.42 Å². The second kappa shape index (κ2) is 5.43. The molecule has 0 bridgehead atoms. The van der Waals surface area contributed by atoms with Crippen LogP contribution in [-0.2, 0) is 14.3 Å². The highest BCUT2D eigenvalue weighted by atomic mass is 16.5. The van der Waals surface area contributed by atoms with Gasteiger partial charge in [-0.25, -0.2) is 0 Å². The summed E-state index contributed by atoms with van der Waals surface area (Å²) < 4.78 is 4.58. The van der Waals surface area contributed by atoms with Crippen molar-refractivity contribution in [1.82, 2.24) is 0 Å². The van der Waals surface area contributed by atoms with Crippen LogP contribution in [0.4, 0.5) is 5.69 Å². The van der Waals surface area contributed by atoms with Crippen molar-refractivity contribution in [2.24, 2.45) is 0 Å². The van der Waals surface area contributed by atoms with Gasteiger partial charge in [0.25, 0.3) is 0 Å². The predicted octanol–water partition coefficient (Wildman–Crippen LogP) is 2.48. The van der Waals surface area contributed by atoms with E-state index in [-0.39, 0.29) is 18.4 Å². The number of hydrogen-bond acceptors (Lipinski definition) is 3. The Bertz CT molecular complexity index is 498. The molecule has 1 aromatic rings. The molecule has 0 N–H and O–H groups in total. The minimum absolute atomic E-state index is 0.120. The molecule has 0 saturated carbocycles. The van der Waals surface area contributed by atoms with Crippen LogP contribution in [0.3, 0.4) is 0 Å². The van der Waals surface area contributed by atoms with Crippen molar-refractivity contribution >= 4 is 17.6 Å². The standard InChI is InChI=1S/C15H19NO3/c1-4-12-10(2)11-7-5-6-8-13(11)16(12)14(17)9-15(18)19-3/h5-8,10,12H,4,9H2,1-3H3/t10-,12-/m0/s1. The van der Waals surface area contributed by atoms with Crippen LogP contribution in [0.2, 0.25) is 0 Å². The zero-order valence-electron chi connectivity index (χ0n) is 11.6. The van der Waals surface area contributed by atoms with E-state index in [2.05, 4.69) is 18.6 Å². The van der Waals surface area contributed by atoms with Crippen LogP contribution in [0.5, 0.6) is 0 Å². The van der Waals surface area contributed by atoms with Crippen molar-refractivity contribution in [2.75, 3.05) is 12.0 Å². The number of para-hydroxylation sites is 1. The van der Waals surface area contributed by atoms with E-state index in [1.54, 1.807) is 4.90 Å². The van der Waals surface area contributed by atoms with E-state index < -0.39 is 5.97 Å². The van der Waals surface area contributed by atoms with Crippen LogP contribution < -0.4 is 4.90 Å². The number of fused-ring (bicyclic) bond motifs is 1. The topological polar surface area (TPSA) is 46.6 Å². The van der Waals surface area contributed by atoms with E-state index in [0.29, 0.717) is 5.92 Å². The molecule has 0 unspecified atom stereocenters. The molecule has 1 aliphatic heterocycles. The van der Waals surface area contributed by atoms with E-state index in [9.17, 15) is 9.59 Å². The number of amides is 1. The summed E-state index contributed by atoms with van der Waals surface area (Å²) in [6.45, 7) is 4.18. The van der Waals surface area contributed by atoms with Gasteiger partial charge in [-0.3, -0.25) is 9.59 Å². The molecule has 0 aromatic heterocycles. The molecule has 0 saturated heterocycles. The highest BCUT2D eigenvalue weighted by molar-refractivity contribution is 6.05. The summed E-state index contributed by atoms with van der Waals surface area (Å²) in [5.41, 5.74) is 2.10. The molecule has 2 rings (SSSR count). The molecule has 1 heterocycles. The Balaban J connectivity index is 2.32. The molecule has 0 fully saturated rings. The third kappa shape index (κ3) is 2.35. The first-order valence-electron chi connectivity index (χ1n) is 6.58. The number of hydrogen-bond donors (Lipinski definition) is 0. The monoisotopic (exact) mass is 261 g/mol. The Morgan fingerprint density at radius 2 is 2.00 bits per heavy atom. The molecule has 1 aliphatic rings. The highest BCUT2D eigenvalue weighted by Gasteiger charge is 2.38. The summed E-state index contributed by atoms with van der Waals surface area (Å²) in [5, 5.41) is 0. The fourth-order valence-electron chi connectivity index (χ4n) is 2.84. The number of anilines is 1. The zero-order chi connectivity index (χ0) is 14.0. The number of methoxy groups -OCH3 is 1. The second-order valence-corrected chi connectivity index (χ2v) is 4.84. The van der Waals surface area contributed by atoms with Gasteiger partial charge in [0.05, 0.1) is 7.11 Å². The summed E-state index contributed by atoms with van der Waals surface area (Å²) in [6.07, 6.45) is 0.664. The molecule has 0 spiro atoms. The number of ether oxygens (including phenoxy) is 1. The lowest BCUT2D eigenvalue weighted by molar-refractivity contribution is -0.143. The van der Waals surface area contributed by atoms with Gasteiger partial charge < -0.3 is 9.64 Å². The smallest absolute Gasteiger partial charge is 0.315 e. The number of carbonyl (C=O) groups excluding carboxylic acids is 2. The Morgan fingerprint density at radius 3 is 2.63 bits per heavy atom. The number of carbonyl (C=O) groups is 2. The Labute approximate surface area is 113 Å². The SMILES string of the molecule is CC[C@H]1[C@@H](C)c2ccccc2N1C(=O)CC(=O)OC. The van der Waals surface area contributed by atoms with Gasteiger partial charge in [0.15, 0.2) is 0 Å². The van der Waals surface area contributed by atoms with Gasteiger partial charge in [0, 0.05) is 17.6 Å². The van der Waals surface area contributed by atoms with Crippen LogP contribution >= 0.6 is 0 Å². The summed E-state index contributed by atoms with van der Waals surface area (Å²) in [7, 11) is 1.30. The van der Waals surface area contributed by atoms with E-state index in [1.807, 2.05) is 24.3 Å². The van der Waals surface area contributed by atoms with Gasteiger partial charge >= 0.3 is 5.97 Å². The Morgan fingerprint density at radius 1 is 1.32 bits per heavy atom. The molecule has 19 heavy (non-hydrogen) atoms. The van der Waals surface area contributed by atoms with Crippen molar-refractivity contribution in [2.45, 2.75) is 38.6 Å². The molecular formula is C15H19NO3.